The molecule has 7 heavy (non-hydrogen) atoms. The highest BCUT2D eigenvalue weighted by molar-refractivity contribution is 7.91. The molecule has 0 spiro atoms. The lowest BCUT2D eigenvalue weighted by Gasteiger charge is -2.05. The van der Waals surface area contributed by atoms with Crippen LogP contribution in [0.4, 0.5) is 0 Å². The van der Waals surface area contributed by atoms with Crippen molar-refractivity contribution < 1.29 is 0 Å². The molecular formula is C5H12NS-. The van der Waals surface area contributed by atoms with E-state index in [1.54, 1.807) is 0 Å². The van der Waals surface area contributed by atoms with Gasteiger partial charge in [0.05, 0.1) is 0 Å². The van der Waals surface area contributed by atoms with Crippen LogP contribution in [0.2, 0.25) is 0 Å². The quantitative estimate of drug-likeness (QED) is 0.394. The first-order valence-corrected chi connectivity index (χ1v) is 3.75. The molecule has 0 heterocycles. The molecule has 0 rings (SSSR count). The zero-order valence-corrected chi connectivity index (χ0v) is 5.72. The summed E-state index contributed by atoms with van der Waals surface area (Å²) in [5, 5.41) is 5.43. The maximum atomic E-state index is 5.43. The second-order valence-electron chi connectivity index (χ2n) is 1.48. The van der Waals surface area contributed by atoms with Crippen LogP contribution >= 0.6 is 0 Å². The van der Waals surface area contributed by atoms with Crippen molar-refractivity contribution in [3.05, 3.63) is 0 Å². The minimum atomic E-state index is -0.194. The summed E-state index contributed by atoms with van der Waals surface area (Å²) in [7, 11) is -0.194. The van der Waals surface area contributed by atoms with E-state index in [-0.39, 0.29) is 10.3 Å². The smallest absolute Gasteiger partial charge is 0.0581 e. The molecule has 0 fully saturated rings. The Morgan fingerprint density at radius 3 is 2.29 bits per heavy atom. The molecule has 0 aromatic carbocycles. The van der Waals surface area contributed by atoms with E-state index in [2.05, 4.69) is 12.8 Å². The molecule has 0 radical (unpaired) electrons. The Balaban J connectivity index is 4.00. The summed E-state index contributed by atoms with van der Waals surface area (Å²) in [6, 6.07) is 0. The van der Waals surface area contributed by atoms with Crippen LogP contribution in [0.15, 0.2) is 0 Å². The zero-order valence-electron chi connectivity index (χ0n) is 4.90. The van der Waals surface area contributed by atoms with Crippen molar-refractivity contribution in [2.24, 2.45) is 5.14 Å². The summed E-state index contributed by atoms with van der Waals surface area (Å²) in [4.78, 5) is 1.29. The van der Waals surface area contributed by atoms with Gasteiger partial charge in [0.2, 0.25) is 0 Å². The summed E-state index contributed by atoms with van der Waals surface area (Å²) >= 11 is 0. The third-order valence-corrected chi connectivity index (χ3v) is 2.13. The van der Waals surface area contributed by atoms with Crippen molar-refractivity contribution in [3.8, 4) is 0 Å². The molecular weight excluding hydrogens is 106 g/mol. The number of rotatable bonds is 1. The largest absolute Gasteiger partial charge is 0.428 e. The summed E-state index contributed by atoms with van der Waals surface area (Å²) in [6.07, 6.45) is 1.06. The van der Waals surface area contributed by atoms with Gasteiger partial charge in [0.25, 0.3) is 0 Å². The SMILES string of the molecule is C=[S-](N)=C(C)CC. The van der Waals surface area contributed by atoms with E-state index in [4.69, 9.17) is 5.14 Å². The Kier molecular flexibility index (Phi) is 3.13. The minimum Gasteiger partial charge on any atom is -0.428 e. The van der Waals surface area contributed by atoms with E-state index in [0.29, 0.717) is 0 Å². The first-order chi connectivity index (χ1) is 3.18. The van der Waals surface area contributed by atoms with Crippen LogP contribution in [-0.4, -0.2) is 10.7 Å². The number of hydrogen-bond donors (Lipinski definition) is 1. The minimum absolute atomic E-state index is 0.194. The molecule has 0 aliphatic heterocycles. The molecule has 2 N–H and O–H groups in total. The highest BCUT2D eigenvalue weighted by Crippen LogP contribution is 1.77. The van der Waals surface area contributed by atoms with Crippen molar-refractivity contribution in [2.45, 2.75) is 20.3 Å². The lowest BCUT2D eigenvalue weighted by Crippen LogP contribution is -2.02. The molecule has 0 saturated heterocycles. The summed E-state index contributed by atoms with van der Waals surface area (Å²) in [5.41, 5.74) is 0. The predicted octanol–water partition coefficient (Wildman–Crippen LogP) is 0.513. The molecule has 44 valence electrons. The molecule has 0 unspecified atom stereocenters. The normalized spacial score (nSPS) is 16.1. The van der Waals surface area contributed by atoms with Gasteiger partial charge in [-0.2, -0.15) is 4.86 Å². The van der Waals surface area contributed by atoms with E-state index in [9.17, 15) is 0 Å². The second kappa shape index (κ2) is 3.10. The van der Waals surface area contributed by atoms with E-state index < -0.39 is 0 Å². The molecule has 0 amide bonds. The van der Waals surface area contributed by atoms with Gasteiger partial charge < -0.3 is 15.4 Å². The molecule has 2 heteroatoms. The van der Waals surface area contributed by atoms with Gasteiger partial charge in [0.1, 0.15) is 0 Å². The van der Waals surface area contributed by atoms with Crippen LogP contribution in [0.3, 0.4) is 0 Å². The maximum absolute atomic E-state index is 5.43. The topological polar surface area (TPSA) is 26.0 Å². The lowest BCUT2D eigenvalue weighted by molar-refractivity contribution is 1.31. The Morgan fingerprint density at radius 2 is 2.29 bits per heavy atom. The molecule has 0 aliphatic carbocycles. The van der Waals surface area contributed by atoms with Gasteiger partial charge >= 0.3 is 0 Å². The summed E-state index contributed by atoms with van der Waals surface area (Å²) < 4.78 is 0. The fourth-order valence-electron chi connectivity index (χ4n) is 0.185. The number of hydrogen-bond acceptors (Lipinski definition) is 2. The molecule has 1 nitrogen and oxygen atoms in total. The highest BCUT2D eigenvalue weighted by Gasteiger charge is 1.66. The van der Waals surface area contributed by atoms with Crippen LogP contribution in [0.5, 0.6) is 0 Å². The Bertz CT molecular complexity index is 120. The summed E-state index contributed by atoms with van der Waals surface area (Å²) in [5.74, 6) is 3.68. The predicted molar refractivity (Wildman–Crippen MR) is 39.6 cm³/mol. The van der Waals surface area contributed by atoms with E-state index in [0.717, 1.165) is 6.42 Å². The van der Waals surface area contributed by atoms with Gasteiger partial charge in [-0.25, -0.2) is 5.87 Å². The van der Waals surface area contributed by atoms with Crippen molar-refractivity contribution >= 4 is 21.0 Å². The van der Waals surface area contributed by atoms with E-state index in [1.165, 1.54) is 4.86 Å². The van der Waals surface area contributed by atoms with Gasteiger partial charge in [-0.1, -0.05) is 20.3 Å². The standard InChI is InChI=1S/C5H12NS/c1-4-5(2)7(3)6/h3-4,6H2,1-2H3/q-1. The average Bonchev–Trinajstić information content (AvgIpc) is 1.65. The Morgan fingerprint density at radius 1 is 1.86 bits per heavy atom. The van der Waals surface area contributed by atoms with Gasteiger partial charge in [0.15, 0.2) is 0 Å². The first kappa shape index (κ1) is 7.05. The fourth-order valence-corrected chi connectivity index (χ4v) is 0.556. The molecule has 0 aliphatic rings. The van der Waals surface area contributed by atoms with Crippen molar-refractivity contribution in [2.75, 3.05) is 0 Å². The van der Waals surface area contributed by atoms with Crippen molar-refractivity contribution in [1.29, 1.82) is 0 Å². The fraction of sp³-hybridized carbons (Fsp3) is 0.600. The van der Waals surface area contributed by atoms with Crippen LogP contribution in [0.1, 0.15) is 20.3 Å². The lowest BCUT2D eigenvalue weighted by atomic mass is 10.4. The molecule has 0 saturated carbocycles. The third-order valence-electron chi connectivity index (χ3n) is 0.945. The average molecular weight is 118 g/mol. The number of nitrogens with two attached hydrogens (primary N) is 1. The van der Waals surface area contributed by atoms with Crippen molar-refractivity contribution in [3.63, 3.8) is 0 Å². The van der Waals surface area contributed by atoms with Gasteiger partial charge in [-0.3, -0.25) is 0 Å². The monoisotopic (exact) mass is 118 g/mol. The van der Waals surface area contributed by atoms with E-state index >= 15 is 0 Å². The van der Waals surface area contributed by atoms with Crippen LogP contribution in [0, 0.1) is 0 Å². The van der Waals surface area contributed by atoms with Gasteiger partial charge in [-0.15, -0.1) is 0 Å². The molecule has 0 aromatic rings. The zero-order chi connectivity index (χ0) is 5.86. The van der Waals surface area contributed by atoms with Gasteiger partial charge in [0, 0.05) is 0 Å². The second-order valence-corrected chi connectivity index (χ2v) is 3.04. The van der Waals surface area contributed by atoms with Crippen molar-refractivity contribution in [1.82, 2.24) is 0 Å². The maximum Gasteiger partial charge on any atom is -0.0581 e. The van der Waals surface area contributed by atoms with Crippen LogP contribution < -0.4 is 5.14 Å². The first-order valence-electron chi connectivity index (χ1n) is 2.29. The van der Waals surface area contributed by atoms with Crippen LogP contribution in [-0.2, 0) is 10.3 Å². The Labute approximate surface area is 47.2 Å². The van der Waals surface area contributed by atoms with Crippen LogP contribution in [0.25, 0.3) is 0 Å². The molecule has 0 bridgehead atoms. The summed E-state index contributed by atoms with van der Waals surface area (Å²) in [6.45, 7) is 4.13. The highest BCUT2D eigenvalue weighted by atomic mass is 32.2. The van der Waals surface area contributed by atoms with Gasteiger partial charge in [-0.05, 0) is 0 Å². The third kappa shape index (κ3) is 2.71. The molecule has 0 aromatic heterocycles. The Hall–Kier alpha value is 0.0500. The van der Waals surface area contributed by atoms with E-state index in [1.807, 2.05) is 6.92 Å². The molecule has 0 atom stereocenters.